The van der Waals surface area contributed by atoms with Gasteiger partial charge in [0.1, 0.15) is 6.04 Å². The van der Waals surface area contributed by atoms with Gasteiger partial charge in [-0.3, -0.25) is 4.79 Å². The lowest BCUT2D eigenvalue weighted by atomic mass is 10.2. The maximum Gasteiger partial charge on any atom is 0.471 e. The summed E-state index contributed by atoms with van der Waals surface area (Å²) >= 11 is 0. The minimum Gasteiger partial charge on any atom is -0.447 e. The fourth-order valence-corrected chi connectivity index (χ4v) is 2.29. The van der Waals surface area contributed by atoms with Crippen molar-refractivity contribution < 1.29 is 27.5 Å². The van der Waals surface area contributed by atoms with Gasteiger partial charge in [0.2, 0.25) is 0 Å². The maximum absolute atomic E-state index is 12.4. The van der Waals surface area contributed by atoms with Crippen molar-refractivity contribution in [1.82, 2.24) is 4.90 Å². The van der Waals surface area contributed by atoms with E-state index in [-0.39, 0.29) is 18.9 Å². The van der Waals surface area contributed by atoms with Crippen LogP contribution >= 0.6 is 0 Å². The van der Waals surface area contributed by atoms with Crippen molar-refractivity contribution in [3.63, 3.8) is 0 Å². The van der Waals surface area contributed by atoms with Crippen molar-refractivity contribution in [3.8, 4) is 12.3 Å². The Morgan fingerprint density at radius 1 is 1.30 bits per heavy atom. The zero-order chi connectivity index (χ0) is 14.9. The van der Waals surface area contributed by atoms with Crippen LogP contribution in [0.2, 0.25) is 0 Å². The van der Waals surface area contributed by atoms with Gasteiger partial charge in [0.05, 0.1) is 0 Å². The van der Waals surface area contributed by atoms with Crippen molar-refractivity contribution in [1.29, 1.82) is 0 Å². The van der Waals surface area contributed by atoms with E-state index in [0.717, 1.165) is 12.8 Å². The number of halogens is 3. The fraction of sp³-hybridized carbons (Fsp3) is 0.692. The van der Waals surface area contributed by atoms with Gasteiger partial charge in [-0.2, -0.15) is 13.2 Å². The molecule has 2 atom stereocenters. The average Bonchev–Trinajstić information content (AvgIpc) is 3.10. The Labute approximate surface area is 114 Å². The van der Waals surface area contributed by atoms with E-state index in [1.165, 1.54) is 0 Å². The van der Waals surface area contributed by atoms with Gasteiger partial charge in [-0.05, 0) is 25.7 Å². The minimum atomic E-state index is -4.98. The predicted molar refractivity (Wildman–Crippen MR) is 62.2 cm³/mol. The molecule has 0 spiro atoms. The molecule has 1 heterocycles. The van der Waals surface area contributed by atoms with Gasteiger partial charge in [-0.1, -0.05) is 5.92 Å². The average molecular weight is 289 g/mol. The molecule has 0 radical (unpaired) electrons. The summed E-state index contributed by atoms with van der Waals surface area (Å²) in [4.78, 5) is 23.7. The lowest BCUT2D eigenvalue weighted by Gasteiger charge is -2.25. The van der Waals surface area contributed by atoms with Gasteiger partial charge in [-0.25, -0.2) is 4.79 Å². The van der Waals surface area contributed by atoms with Crippen LogP contribution in [0.15, 0.2) is 0 Å². The smallest absolute Gasteiger partial charge is 0.447 e. The number of amides is 1. The van der Waals surface area contributed by atoms with E-state index in [9.17, 15) is 22.8 Å². The molecule has 0 N–H and O–H groups in total. The zero-order valence-electron chi connectivity index (χ0n) is 10.7. The van der Waals surface area contributed by atoms with Crippen molar-refractivity contribution in [2.45, 2.75) is 44.0 Å². The summed E-state index contributed by atoms with van der Waals surface area (Å²) in [6.07, 6.45) is 1.75. The van der Waals surface area contributed by atoms with Gasteiger partial charge < -0.3 is 9.64 Å². The van der Waals surface area contributed by atoms with E-state index in [1.807, 2.05) is 0 Å². The van der Waals surface area contributed by atoms with Crippen LogP contribution in [0.4, 0.5) is 13.2 Å². The first-order valence-electron chi connectivity index (χ1n) is 6.39. The molecule has 2 rings (SSSR count). The van der Waals surface area contributed by atoms with Crippen LogP contribution in [0.1, 0.15) is 25.7 Å². The molecule has 0 aromatic heterocycles. The highest BCUT2D eigenvalue weighted by molar-refractivity contribution is 5.88. The van der Waals surface area contributed by atoms with Gasteiger partial charge in [0.15, 0.2) is 6.10 Å². The van der Waals surface area contributed by atoms with Crippen LogP contribution in [-0.4, -0.2) is 41.6 Å². The summed E-state index contributed by atoms with van der Waals surface area (Å²) in [6.45, 7) is -0.0950. The molecule has 0 bridgehead atoms. The standard InChI is InChI=1S/C13H14F3NO3/c1-2-10(8-5-6-8)20-11(18)9-4-3-7-17(9)12(19)13(14,15)16/h1,8-10H,3-7H2/t9-,10-/m0/s1. The summed E-state index contributed by atoms with van der Waals surface area (Å²) in [5, 5.41) is 0. The Morgan fingerprint density at radius 3 is 2.45 bits per heavy atom. The largest absolute Gasteiger partial charge is 0.471 e. The molecule has 4 nitrogen and oxygen atoms in total. The van der Waals surface area contributed by atoms with E-state index in [4.69, 9.17) is 11.2 Å². The Bertz CT molecular complexity index is 451. The highest BCUT2D eigenvalue weighted by Crippen LogP contribution is 2.35. The third kappa shape index (κ3) is 3.06. The van der Waals surface area contributed by atoms with Crippen molar-refractivity contribution in [2.24, 2.45) is 5.92 Å². The number of alkyl halides is 3. The summed E-state index contributed by atoms with van der Waals surface area (Å²) in [7, 11) is 0. The van der Waals surface area contributed by atoms with Gasteiger partial charge in [0.25, 0.3) is 0 Å². The normalized spacial score (nSPS) is 24.1. The number of rotatable bonds is 3. The summed E-state index contributed by atoms with van der Waals surface area (Å²) < 4.78 is 42.4. The Hall–Kier alpha value is -1.71. The molecule has 1 saturated carbocycles. The molecule has 2 aliphatic rings. The maximum atomic E-state index is 12.4. The predicted octanol–water partition coefficient (Wildman–Crippen LogP) is 1.49. The number of esters is 1. The van der Waals surface area contributed by atoms with Crippen LogP contribution in [0.3, 0.4) is 0 Å². The molecule has 1 saturated heterocycles. The van der Waals surface area contributed by atoms with E-state index < -0.39 is 30.2 Å². The first kappa shape index (κ1) is 14.7. The van der Waals surface area contributed by atoms with Crippen LogP contribution in [0.25, 0.3) is 0 Å². The zero-order valence-corrected chi connectivity index (χ0v) is 10.7. The molecule has 110 valence electrons. The number of carbonyl (C=O) groups is 2. The lowest BCUT2D eigenvalue weighted by molar-refractivity contribution is -0.188. The minimum absolute atomic E-state index is 0.0946. The van der Waals surface area contributed by atoms with Crippen LogP contribution in [-0.2, 0) is 14.3 Å². The summed E-state index contributed by atoms with van der Waals surface area (Å²) in [5.74, 6) is -0.419. The second kappa shape index (κ2) is 5.35. The highest BCUT2D eigenvalue weighted by atomic mass is 19.4. The quantitative estimate of drug-likeness (QED) is 0.584. The third-order valence-corrected chi connectivity index (χ3v) is 3.49. The SMILES string of the molecule is C#C[C@H](OC(=O)[C@@H]1CCCN1C(=O)C(F)(F)F)C1CC1. The molecular weight excluding hydrogens is 275 g/mol. The molecule has 1 aliphatic carbocycles. The second-order valence-corrected chi connectivity index (χ2v) is 5.02. The second-order valence-electron chi connectivity index (χ2n) is 5.02. The van der Waals surface area contributed by atoms with E-state index in [1.54, 1.807) is 0 Å². The van der Waals surface area contributed by atoms with E-state index in [2.05, 4.69) is 5.92 Å². The topological polar surface area (TPSA) is 46.6 Å². The monoisotopic (exact) mass is 289 g/mol. The van der Waals surface area contributed by atoms with Gasteiger partial charge >= 0.3 is 18.1 Å². The number of likely N-dealkylation sites (tertiary alicyclic amines) is 1. The van der Waals surface area contributed by atoms with Crippen LogP contribution < -0.4 is 0 Å². The Morgan fingerprint density at radius 2 is 1.95 bits per heavy atom. The van der Waals surface area contributed by atoms with E-state index in [0.29, 0.717) is 11.3 Å². The lowest BCUT2D eigenvalue weighted by Crippen LogP contribution is -2.48. The molecule has 0 aromatic carbocycles. The molecular formula is C13H14F3NO3. The highest BCUT2D eigenvalue weighted by Gasteiger charge is 2.48. The molecule has 20 heavy (non-hydrogen) atoms. The number of hydrogen-bond donors (Lipinski definition) is 0. The van der Waals surface area contributed by atoms with Crippen molar-refractivity contribution in [3.05, 3.63) is 0 Å². The summed E-state index contributed by atoms with van der Waals surface area (Å²) in [6, 6.07) is -1.18. The first-order valence-corrected chi connectivity index (χ1v) is 6.39. The van der Waals surface area contributed by atoms with Gasteiger partial charge in [0, 0.05) is 12.5 Å². The molecule has 0 aromatic rings. The number of terminal acetylenes is 1. The van der Waals surface area contributed by atoms with Crippen LogP contribution in [0, 0.1) is 18.3 Å². The number of ether oxygens (including phenoxy) is 1. The number of nitrogens with zero attached hydrogens (tertiary/aromatic N) is 1. The Kier molecular flexibility index (Phi) is 3.93. The third-order valence-electron chi connectivity index (χ3n) is 3.49. The van der Waals surface area contributed by atoms with Gasteiger partial charge in [-0.15, -0.1) is 6.42 Å². The van der Waals surface area contributed by atoms with E-state index >= 15 is 0 Å². The molecule has 7 heteroatoms. The molecule has 2 fully saturated rings. The number of hydrogen-bond acceptors (Lipinski definition) is 3. The molecule has 0 unspecified atom stereocenters. The molecule has 1 amide bonds. The van der Waals surface area contributed by atoms with Crippen LogP contribution in [0.5, 0.6) is 0 Å². The number of carbonyl (C=O) groups excluding carboxylic acids is 2. The fourth-order valence-electron chi connectivity index (χ4n) is 2.29. The first-order chi connectivity index (χ1) is 9.34. The van der Waals surface area contributed by atoms with Crippen molar-refractivity contribution in [2.75, 3.05) is 6.54 Å². The Balaban J connectivity index is 2.01. The van der Waals surface area contributed by atoms with Crippen molar-refractivity contribution >= 4 is 11.9 Å². The summed E-state index contributed by atoms with van der Waals surface area (Å²) in [5.41, 5.74) is 0. The molecule has 1 aliphatic heterocycles.